The average molecular weight is 498 g/mol. The normalized spacial score (nSPS) is 12.7. The SMILES string of the molecule is Cc1cccc(NC(=O)N2CCc3c(c(CN(C(=O)c4ccc(F)cc4)c4ccccc4)nn3C)C2)c1. The zero-order valence-corrected chi connectivity index (χ0v) is 20.8. The molecule has 0 atom stereocenters. The Morgan fingerprint density at radius 2 is 1.78 bits per heavy atom. The van der Waals surface area contributed by atoms with Crippen LogP contribution in [0.25, 0.3) is 0 Å². The standard InChI is InChI=1S/C29H28FN5O2/c1-20-7-6-8-23(17-20)31-29(37)34-16-15-27-25(18-34)26(32-33(27)2)19-35(24-9-4-3-5-10-24)28(36)21-11-13-22(30)14-12-21/h3-14,17H,15-16,18-19H2,1-2H3,(H,31,37). The number of nitrogens with one attached hydrogen (secondary N) is 1. The fourth-order valence-corrected chi connectivity index (χ4v) is 4.68. The highest BCUT2D eigenvalue weighted by Gasteiger charge is 2.29. The highest BCUT2D eigenvalue weighted by molar-refractivity contribution is 6.06. The molecular formula is C29H28FN5O2. The van der Waals surface area contributed by atoms with Crippen LogP contribution in [0, 0.1) is 12.7 Å². The van der Waals surface area contributed by atoms with E-state index in [1.54, 1.807) is 9.80 Å². The molecule has 0 spiro atoms. The lowest BCUT2D eigenvalue weighted by Crippen LogP contribution is -2.39. The van der Waals surface area contributed by atoms with Gasteiger partial charge in [0.1, 0.15) is 5.82 Å². The maximum Gasteiger partial charge on any atom is 0.322 e. The molecule has 4 aromatic rings. The van der Waals surface area contributed by atoms with E-state index in [1.807, 2.05) is 73.3 Å². The van der Waals surface area contributed by atoms with Crippen LogP contribution in [0.4, 0.5) is 20.6 Å². The molecule has 3 aromatic carbocycles. The second-order valence-electron chi connectivity index (χ2n) is 9.20. The third kappa shape index (κ3) is 5.23. The second kappa shape index (κ2) is 10.3. The van der Waals surface area contributed by atoms with E-state index < -0.39 is 5.82 Å². The van der Waals surface area contributed by atoms with Crippen molar-refractivity contribution in [2.24, 2.45) is 7.05 Å². The monoisotopic (exact) mass is 497 g/mol. The molecule has 7 nitrogen and oxygen atoms in total. The van der Waals surface area contributed by atoms with E-state index in [0.29, 0.717) is 30.8 Å². The van der Waals surface area contributed by atoms with Gasteiger partial charge < -0.3 is 15.1 Å². The summed E-state index contributed by atoms with van der Waals surface area (Å²) in [5.41, 5.74) is 5.64. The highest BCUT2D eigenvalue weighted by atomic mass is 19.1. The van der Waals surface area contributed by atoms with E-state index in [0.717, 1.165) is 28.2 Å². The number of aromatic nitrogens is 2. The number of carbonyl (C=O) groups excluding carboxylic acids is 2. The third-order valence-electron chi connectivity index (χ3n) is 6.59. The number of halogens is 1. The van der Waals surface area contributed by atoms with Crippen molar-refractivity contribution in [3.8, 4) is 0 Å². The van der Waals surface area contributed by atoms with Gasteiger partial charge in [0.15, 0.2) is 0 Å². The number of benzene rings is 3. The van der Waals surface area contributed by atoms with Crippen molar-refractivity contribution < 1.29 is 14.0 Å². The first kappa shape index (κ1) is 24.2. The summed E-state index contributed by atoms with van der Waals surface area (Å²) in [5, 5.41) is 7.73. The molecular weight excluding hydrogens is 469 g/mol. The molecule has 0 unspecified atom stereocenters. The van der Waals surface area contributed by atoms with Crippen molar-refractivity contribution in [1.29, 1.82) is 0 Å². The first-order valence-electron chi connectivity index (χ1n) is 12.2. The molecule has 1 aromatic heterocycles. The number of rotatable bonds is 5. The summed E-state index contributed by atoms with van der Waals surface area (Å²) in [7, 11) is 1.89. The number of fused-ring (bicyclic) bond motifs is 1. The number of aryl methyl sites for hydroxylation is 2. The van der Waals surface area contributed by atoms with Crippen LogP contribution < -0.4 is 10.2 Å². The van der Waals surface area contributed by atoms with Gasteiger partial charge >= 0.3 is 6.03 Å². The van der Waals surface area contributed by atoms with E-state index in [9.17, 15) is 14.0 Å². The van der Waals surface area contributed by atoms with Gasteiger partial charge in [-0.2, -0.15) is 5.10 Å². The zero-order chi connectivity index (χ0) is 25.9. The summed E-state index contributed by atoms with van der Waals surface area (Å²) >= 11 is 0. The summed E-state index contributed by atoms with van der Waals surface area (Å²) in [6.07, 6.45) is 0.664. The van der Waals surface area contributed by atoms with Crippen LogP contribution >= 0.6 is 0 Å². The molecule has 3 amide bonds. The second-order valence-corrected chi connectivity index (χ2v) is 9.20. The quantitative estimate of drug-likeness (QED) is 0.407. The molecule has 0 saturated carbocycles. The van der Waals surface area contributed by atoms with Crippen molar-refractivity contribution in [3.63, 3.8) is 0 Å². The molecule has 0 fully saturated rings. The smallest absolute Gasteiger partial charge is 0.320 e. The van der Waals surface area contributed by atoms with Gasteiger partial charge in [-0.1, -0.05) is 30.3 Å². The van der Waals surface area contributed by atoms with E-state index in [-0.39, 0.29) is 18.5 Å². The summed E-state index contributed by atoms with van der Waals surface area (Å²) in [6.45, 7) is 3.16. The summed E-state index contributed by atoms with van der Waals surface area (Å²) < 4.78 is 15.3. The van der Waals surface area contributed by atoms with Crippen molar-refractivity contribution in [2.75, 3.05) is 16.8 Å². The summed E-state index contributed by atoms with van der Waals surface area (Å²) in [6, 6.07) is 22.4. The summed E-state index contributed by atoms with van der Waals surface area (Å²) in [4.78, 5) is 30.0. The molecule has 1 N–H and O–H groups in total. The first-order chi connectivity index (χ1) is 17.9. The Morgan fingerprint density at radius 3 is 2.51 bits per heavy atom. The van der Waals surface area contributed by atoms with Crippen LogP contribution in [0.1, 0.15) is 32.9 Å². The molecule has 0 aliphatic carbocycles. The molecule has 0 bridgehead atoms. The van der Waals surface area contributed by atoms with Gasteiger partial charge in [-0.15, -0.1) is 0 Å². The lowest BCUT2D eigenvalue weighted by atomic mass is 10.0. The van der Waals surface area contributed by atoms with Crippen LogP contribution in [0.2, 0.25) is 0 Å². The number of nitrogens with zero attached hydrogens (tertiary/aromatic N) is 4. The van der Waals surface area contributed by atoms with Gasteiger partial charge in [0, 0.05) is 48.2 Å². The minimum Gasteiger partial charge on any atom is -0.320 e. The largest absolute Gasteiger partial charge is 0.322 e. The van der Waals surface area contributed by atoms with Gasteiger partial charge in [0.2, 0.25) is 0 Å². The molecule has 188 valence electrons. The van der Waals surface area contributed by atoms with Crippen molar-refractivity contribution >= 4 is 23.3 Å². The number of hydrogen-bond donors (Lipinski definition) is 1. The number of urea groups is 1. The number of hydrogen-bond acceptors (Lipinski definition) is 3. The molecule has 5 rings (SSSR count). The number of amides is 3. The van der Waals surface area contributed by atoms with Gasteiger partial charge in [-0.3, -0.25) is 9.48 Å². The maximum absolute atomic E-state index is 13.5. The number of anilines is 2. The minimum absolute atomic E-state index is 0.173. The molecule has 8 heteroatoms. The van der Waals surface area contributed by atoms with Crippen molar-refractivity contribution in [2.45, 2.75) is 26.4 Å². The Hall–Kier alpha value is -4.46. The summed E-state index contributed by atoms with van der Waals surface area (Å²) in [5.74, 6) is -0.652. The lowest BCUT2D eigenvalue weighted by Gasteiger charge is -2.29. The Bertz CT molecular complexity index is 1430. The molecule has 1 aliphatic heterocycles. The maximum atomic E-state index is 13.5. The van der Waals surface area contributed by atoms with Gasteiger partial charge in [-0.25, -0.2) is 9.18 Å². The van der Waals surface area contributed by atoms with E-state index in [4.69, 9.17) is 5.10 Å². The highest BCUT2D eigenvalue weighted by Crippen LogP contribution is 2.27. The lowest BCUT2D eigenvalue weighted by molar-refractivity contribution is 0.0984. The number of para-hydroxylation sites is 1. The molecule has 37 heavy (non-hydrogen) atoms. The van der Waals surface area contributed by atoms with Crippen LogP contribution in [0.15, 0.2) is 78.9 Å². The van der Waals surface area contributed by atoms with Gasteiger partial charge in [0.25, 0.3) is 5.91 Å². The van der Waals surface area contributed by atoms with Crippen LogP contribution in [-0.2, 0) is 26.6 Å². The van der Waals surface area contributed by atoms with Crippen LogP contribution in [0.5, 0.6) is 0 Å². The fraction of sp³-hybridized carbons (Fsp3) is 0.207. The van der Waals surface area contributed by atoms with Crippen LogP contribution in [-0.4, -0.2) is 33.2 Å². The predicted octanol–water partition coefficient (Wildman–Crippen LogP) is 5.30. The first-order valence-corrected chi connectivity index (χ1v) is 12.2. The van der Waals surface area contributed by atoms with Crippen molar-refractivity contribution in [1.82, 2.24) is 14.7 Å². The van der Waals surface area contributed by atoms with E-state index in [2.05, 4.69) is 5.32 Å². The van der Waals surface area contributed by atoms with Gasteiger partial charge in [0.05, 0.1) is 18.8 Å². The molecule has 1 aliphatic rings. The topological polar surface area (TPSA) is 70.5 Å². The Morgan fingerprint density at radius 1 is 1.03 bits per heavy atom. The molecule has 0 saturated heterocycles. The molecule has 0 radical (unpaired) electrons. The predicted molar refractivity (Wildman–Crippen MR) is 141 cm³/mol. The molecule has 2 heterocycles. The van der Waals surface area contributed by atoms with E-state index in [1.165, 1.54) is 24.3 Å². The van der Waals surface area contributed by atoms with Gasteiger partial charge in [-0.05, 0) is 61.0 Å². The zero-order valence-electron chi connectivity index (χ0n) is 20.8. The van der Waals surface area contributed by atoms with Crippen molar-refractivity contribution in [3.05, 3.63) is 113 Å². The number of carbonyl (C=O) groups is 2. The fourth-order valence-electron chi connectivity index (χ4n) is 4.68. The van der Waals surface area contributed by atoms with Crippen LogP contribution in [0.3, 0.4) is 0 Å². The minimum atomic E-state index is -0.398. The van der Waals surface area contributed by atoms with E-state index >= 15 is 0 Å². The Balaban J connectivity index is 1.42. The Labute approximate surface area is 215 Å². The Kier molecular flexibility index (Phi) is 6.72. The third-order valence-corrected chi connectivity index (χ3v) is 6.59. The average Bonchev–Trinajstić information content (AvgIpc) is 3.22.